The van der Waals surface area contributed by atoms with Gasteiger partial charge in [0.1, 0.15) is 6.04 Å². The maximum absolute atomic E-state index is 11.4. The fraction of sp³-hybridized carbons (Fsp3) is 0.357. The number of rotatable bonds is 4. The summed E-state index contributed by atoms with van der Waals surface area (Å²) >= 11 is 3.46. The second-order valence-corrected chi connectivity index (χ2v) is 6.54. The van der Waals surface area contributed by atoms with Crippen LogP contribution in [-0.2, 0) is 16.0 Å². The minimum Gasteiger partial charge on any atom is -0.468 e. The minimum atomic E-state index is -0.583. The molecule has 0 saturated carbocycles. The van der Waals surface area contributed by atoms with Crippen LogP contribution in [0.25, 0.3) is 9.75 Å². The third kappa shape index (κ3) is 3.05. The first-order chi connectivity index (χ1) is 9.02. The number of thiophene rings is 2. The molecule has 3 nitrogen and oxygen atoms in total. The van der Waals surface area contributed by atoms with Crippen molar-refractivity contribution in [3.05, 3.63) is 33.5 Å². The molecule has 0 radical (unpaired) electrons. The molecule has 0 saturated heterocycles. The molecule has 2 heterocycles. The van der Waals surface area contributed by atoms with Gasteiger partial charge in [-0.15, -0.1) is 22.7 Å². The lowest BCUT2D eigenvalue weighted by Gasteiger charge is -2.06. The Balaban J connectivity index is 2.22. The Morgan fingerprint density at radius 2 is 2.11 bits per heavy atom. The number of carbonyl (C=O) groups excluding carboxylic acids is 1. The third-order valence-corrected chi connectivity index (χ3v) is 5.40. The van der Waals surface area contributed by atoms with E-state index in [1.165, 1.54) is 28.0 Å². The average Bonchev–Trinajstić information content (AvgIpc) is 2.94. The largest absolute Gasteiger partial charge is 0.468 e. The zero-order valence-corrected chi connectivity index (χ0v) is 12.9. The summed E-state index contributed by atoms with van der Waals surface area (Å²) < 4.78 is 4.66. The molecule has 2 aromatic heterocycles. The molecule has 0 fully saturated rings. The summed E-state index contributed by atoms with van der Waals surface area (Å²) in [5.74, 6) is -0.361. The smallest absolute Gasteiger partial charge is 0.323 e. The van der Waals surface area contributed by atoms with Crippen molar-refractivity contribution in [3.8, 4) is 9.75 Å². The molecule has 0 aromatic carbocycles. The molecular weight excluding hydrogens is 278 g/mol. The Bertz CT molecular complexity index is 586. The summed E-state index contributed by atoms with van der Waals surface area (Å²) in [6.45, 7) is 4.21. The third-order valence-electron chi connectivity index (χ3n) is 2.96. The Morgan fingerprint density at radius 3 is 2.68 bits per heavy atom. The zero-order chi connectivity index (χ0) is 14.0. The van der Waals surface area contributed by atoms with Gasteiger partial charge >= 0.3 is 5.97 Å². The molecule has 102 valence electrons. The van der Waals surface area contributed by atoms with Gasteiger partial charge in [0.25, 0.3) is 0 Å². The minimum absolute atomic E-state index is 0.361. The molecule has 0 aliphatic heterocycles. The van der Waals surface area contributed by atoms with E-state index < -0.39 is 6.04 Å². The molecule has 19 heavy (non-hydrogen) atoms. The van der Waals surface area contributed by atoms with Crippen molar-refractivity contribution in [2.24, 2.45) is 5.73 Å². The predicted octanol–water partition coefficient (Wildman–Crippen LogP) is 3.14. The molecular formula is C14H17NO2S2. The van der Waals surface area contributed by atoms with Crippen LogP contribution in [0.5, 0.6) is 0 Å². The highest BCUT2D eigenvalue weighted by molar-refractivity contribution is 7.21. The second-order valence-electron chi connectivity index (χ2n) is 4.49. The van der Waals surface area contributed by atoms with Crippen LogP contribution in [0.3, 0.4) is 0 Å². The molecule has 2 N–H and O–H groups in total. The number of hydrogen-bond acceptors (Lipinski definition) is 5. The first-order valence-corrected chi connectivity index (χ1v) is 7.69. The van der Waals surface area contributed by atoms with E-state index >= 15 is 0 Å². The van der Waals surface area contributed by atoms with Crippen molar-refractivity contribution in [2.75, 3.05) is 7.11 Å². The Hall–Kier alpha value is -1.17. The molecule has 1 unspecified atom stereocenters. The Labute approximate surface area is 121 Å². The number of hydrogen-bond donors (Lipinski definition) is 1. The highest BCUT2D eigenvalue weighted by Gasteiger charge is 2.17. The molecule has 0 spiro atoms. The highest BCUT2D eigenvalue weighted by atomic mass is 32.1. The van der Waals surface area contributed by atoms with Crippen LogP contribution in [0.2, 0.25) is 0 Å². The van der Waals surface area contributed by atoms with Gasteiger partial charge in [0.15, 0.2) is 0 Å². The van der Waals surface area contributed by atoms with Crippen LogP contribution in [-0.4, -0.2) is 19.1 Å². The van der Waals surface area contributed by atoms with E-state index in [4.69, 9.17) is 5.73 Å². The van der Waals surface area contributed by atoms with Crippen molar-refractivity contribution in [1.29, 1.82) is 0 Å². The average molecular weight is 295 g/mol. The quantitative estimate of drug-likeness (QED) is 0.882. The van der Waals surface area contributed by atoms with Crippen LogP contribution in [0.4, 0.5) is 0 Å². The number of methoxy groups -OCH3 is 1. The van der Waals surface area contributed by atoms with Crippen LogP contribution >= 0.6 is 22.7 Å². The van der Waals surface area contributed by atoms with E-state index in [2.05, 4.69) is 36.1 Å². The predicted molar refractivity (Wildman–Crippen MR) is 80.8 cm³/mol. The lowest BCUT2D eigenvalue weighted by Crippen LogP contribution is -2.33. The van der Waals surface area contributed by atoms with Crippen molar-refractivity contribution in [3.63, 3.8) is 0 Å². The molecule has 0 amide bonds. The summed E-state index contributed by atoms with van der Waals surface area (Å²) in [7, 11) is 1.36. The normalized spacial score (nSPS) is 12.4. The number of carbonyl (C=O) groups is 1. The van der Waals surface area contributed by atoms with E-state index in [9.17, 15) is 4.79 Å². The van der Waals surface area contributed by atoms with Crippen LogP contribution in [0.15, 0.2) is 17.5 Å². The van der Waals surface area contributed by atoms with Crippen LogP contribution in [0, 0.1) is 13.8 Å². The monoisotopic (exact) mass is 295 g/mol. The Morgan fingerprint density at radius 1 is 1.37 bits per heavy atom. The zero-order valence-electron chi connectivity index (χ0n) is 11.2. The fourth-order valence-electron chi connectivity index (χ4n) is 1.93. The van der Waals surface area contributed by atoms with Gasteiger partial charge in [-0.1, -0.05) is 0 Å². The molecule has 1 atom stereocenters. The second kappa shape index (κ2) is 5.86. The number of esters is 1. The van der Waals surface area contributed by atoms with Gasteiger partial charge in [0, 0.05) is 21.1 Å². The van der Waals surface area contributed by atoms with Gasteiger partial charge in [0.05, 0.1) is 7.11 Å². The van der Waals surface area contributed by atoms with Gasteiger partial charge in [-0.25, -0.2) is 0 Å². The molecule has 0 bridgehead atoms. The van der Waals surface area contributed by atoms with E-state index in [1.54, 1.807) is 22.7 Å². The van der Waals surface area contributed by atoms with Crippen molar-refractivity contribution >= 4 is 28.6 Å². The van der Waals surface area contributed by atoms with Gasteiger partial charge in [-0.3, -0.25) is 4.79 Å². The number of aryl methyl sites for hydroxylation is 2. The van der Waals surface area contributed by atoms with Gasteiger partial charge in [0.2, 0.25) is 0 Å². The van der Waals surface area contributed by atoms with Gasteiger partial charge < -0.3 is 10.5 Å². The van der Waals surface area contributed by atoms with Crippen molar-refractivity contribution < 1.29 is 9.53 Å². The van der Waals surface area contributed by atoms with Crippen LogP contribution in [0.1, 0.15) is 16.0 Å². The lowest BCUT2D eigenvalue weighted by atomic mass is 10.1. The number of ether oxygens (including phenoxy) is 1. The molecule has 5 heteroatoms. The highest BCUT2D eigenvalue weighted by Crippen LogP contribution is 2.37. The first-order valence-electron chi connectivity index (χ1n) is 6.00. The number of nitrogens with two attached hydrogens (primary N) is 1. The molecule has 2 rings (SSSR count). The van der Waals surface area contributed by atoms with E-state index in [1.807, 2.05) is 0 Å². The van der Waals surface area contributed by atoms with Gasteiger partial charge in [-0.05, 0) is 42.5 Å². The maximum Gasteiger partial charge on any atom is 0.323 e. The van der Waals surface area contributed by atoms with Crippen molar-refractivity contribution in [1.82, 2.24) is 0 Å². The first kappa shape index (κ1) is 14.2. The maximum atomic E-state index is 11.4. The van der Waals surface area contributed by atoms with E-state index in [0.29, 0.717) is 6.42 Å². The standard InChI is InChI=1S/C14H17NO2S2/c1-8-4-5-18-12(8)13-9(2)6-10(19-13)7-11(15)14(16)17-3/h4-6,11H,7,15H2,1-3H3. The summed E-state index contributed by atoms with van der Waals surface area (Å²) in [5, 5.41) is 2.10. The van der Waals surface area contributed by atoms with Gasteiger partial charge in [-0.2, -0.15) is 0 Å². The molecule has 0 aliphatic rings. The lowest BCUT2D eigenvalue weighted by molar-refractivity contribution is -0.142. The van der Waals surface area contributed by atoms with Crippen LogP contribution < -0.4 is 5.73 Å². The summed E-state index contributed by atoms with van der Waals surface area (Å²) in [5.41, 5.74) is 8.33. The van der Waals surface area contributed by atoms with E-state index in [0.717, 1.165) is 4.88 Å². The van der Waals surface area contributed by atoms with E-state index in [-0.39, 0.29) is 5.97 Å². The summed E-state index contributed by atoms with van der Waals surface area (Å²) in [6, 6.07) is 3.65. The summed E-state index contributed by atoms with van der Waals surface area (Å²) in [6.07, 6.45) is 0.530. The summed E-state index contributed by atoms with van der Waals surface area (Å²) in [4.78, 5) is 15.1. The Kier molecular flexibility index (Phi) is 4.39. The fourth-order valence-corrected chi connectivity index (χ4v) is 4.36. The molecule has 0 aliphatic carbocycles. The molecule has 2 aromatic rings. The SMILES string of the molecule is COC(=O)C(N)Cc1cc(C)c(-c2sccc2C)s1. The topological polar surface area (TPSA) is 52.3 Å². The van der Waals surface area contributed by atoms with Crippen molar-refractivity contribution in [2.45, 2.75) is 26.3 Å².